The van der Waals surface area contributed by atoms with Gasteiger partial charge in [0.15, 0.2) is 0 Å². The molecular weight excluding hydrogens is 324 g/mol. The second-order valence-corrected chi connectivity index (χ2v) is 6.27. The summed E-state index contributed by atoms with van der Waals surface area (Å²) in [6, 6.07) is 7.73. The number of amides is 1. The summed E-state index contributed by atoms with van der Waals surface area (Å²) in [7, 11) is 2.12. The number of carbonyl (C=O) groups is 2. The van der Waals surface area contributed by atoms with Gasteiger partial charge in [0.25, 0.3) is 12.4 Å². The van der Waals surface area contributed by atoms with Crippen molar-refractivity contribution in [1.82, 2.24) is 9.80 Å². The average Bonchev–Trinajstić information content (AvgIpc) is 2.84. The van der Waals surface area contributed by atoms with E-state index in [2.05, 4.69) is 11.9 Å². The maximum atomic E-state index is 12.8. The molecule has 3 rings (SSSR count). The summed E-state index contributed by atoms with van der Waals surface area (Å²) in [5.74, 6) is 1.30. The predicted molar refractivity (Wildman–Crippen MR) is 92.9 cm³/mol. The summed E-state index contributed by atoms with van der Waals surface area (Å²) in [6.07, 6.45) is 0. The molecule has 2 atom stereocenters. The Balaban J connectivity index is 0.000000701. The van der Waals surface area contributed by atoms with Crippen molar-refractivity contribution in [1.29, 1.82) is 0 Å². The molecule has 2 saturated heterocycles. The zero-order valence-corrected chi connectivity index (χ0v) is 14.8. The van der Waals surface area contributed by atoms with E-state index in [4.69, 9.17) is 19.4 Å². The van der Waals surface area contributed by atoms with Crippen molar-refractivity contribution < 1.29 is 24.2 Å². The van der Waals surface area contributed by atoms with Crippen molar-refractivity contribution >= 4 is 12.4 Å². The number of carbonyl (C=O) groups excluding carboxylic acids is 1. The fourth-order valence-corrected chi connectivity index (χ4v) is 3.26. The third kappa shape index (κ3) is 5.17. The molecule has 7 nitrogen and oxygen atoms in total. The van der Waals surface area contributed by atoms with Gasteiger partial charge in [-0.05, 0) is 38.2 Å². The van der Waals surface area contributed by atoms with Crippen molar-refractivity contribution in [3.05, 3.63) is 29.8 Å². The highest BCUT2D eigenvalue weighted by Crippen LogP contribution is 2.21. The lowest BCUT2D eigenvalue weighted by atomic mass is 10.1. The SMILES string of the molecule is CCOc1ccc(C(=O)N2C[C@@H]3COC[C@H](C2)N(C)C3)cc1.O=CO. The topological polar surface area (TPSA) is 79.3 Å². The van der Waals surface area contributed by atoms with Crippen molar-refractivity contribution in [3.8, 4) is 5.75 Å². The van der Waals surface area contributed by atoms with E-state index in [1.165, 1.54) is 0 Å². The molecule has 1 aromatic carbocycles. The maximum absolute atomic E-state index is 12.8. The fourth-order valence-electron chi connectivity index (χ4n) is 3.26. The molecule has 1 amide bonds. The van der Waals surface area contributed by atoms with Gasteiger partial charge in [-0.25, -0.2) is 0 Å². The first kappa shape index (κ1) is 19.2. The molecule has 2 aliphatic heterocycles. The Kier molecular flexibility index (Phi) is 7.21. The van der Waals surface area contributed by atoms with E-state index in [1.54, 1.807) is 0 Å². The standard InChI is InChI=1S/C17H24N2O3.CH2O2/c1-3-22-16-6-4-14(5-7-16)17(20)19-9-13-8-18(2)15(10-19)12-21-11-13;2-1-3/h4-7,13,15H,3,8-12H2,1-2H3;1H,(H,2,3)/t13-,15+;/m1./s1. The lowest BCUT2D eigenvalue weighted by molar-refractivity contribution is -0.122. The monoisotopic (exact) mass is 350 g/mol. The first-order valence-electron chi connectivity index (χ1n) is 8.47. The molecule has 25 heavy (non-hydrogen) atoms. The fraction of sp³-hybridized carbons (Fsp3) is 0.556. The summed E-state index contributed by atoms with van der Waals surface area (Å²) in [6.45, 7) is 6.29. The van der Waals surface area contributed by atoms with Crippen LogP contribution in [0.3, 0.4) is 0 Å². The van der Waals surface area contributed by atoms with Crippen LogP contribution in [0.5, 0.6) is 5.75 Å². The average molecular weight is 350 g/mol. The van der Waals surface area contributed by atoms with E-state index < -0.39 is 0 Å². The molecule has 0 unspecified atom stereocenters. The summed E-state index contributed by atoms with van der Waals surface area (Å²) in [5.41, 5.74) is 0.729. The molecular formula is C18H26N2O5. The molecule has 0 spiro atoms. The summed E-state index contributed by atoms with van der Waals surface area (Å²) >= 11 is 0. The minimum Gasteiger partial charge on any atom is -0.494 e. The van der Waals surface area contributed by atoms with Crippen LogP contribution in [0.2, 0.25) is 0 Å². The number of hydrogen-bond acceptors (Lipinski definition) is 5. The molecule has 0 radical (unpaired) electrons. The number of ether oxygens (including phenoxy) is 2. The number of likely N-dealkylation sites (N-methyl/N-ethyl adjacent to an activating group) is 1. The van der Waals surface area contributed by atoms with E-state index in [9.17, 15) is 4.79 Å². The van der Waals surface area contributed by atoms with Gasteiger partial charge in [0.05, 0.1) is 25.9 Å². The van der Waals surface area contributed by atoms with E-state index in [1.807, 2.05) is 36.1 Å². The quantitative estimate of drug-likeness (QED) is 0.825. The van der Waals surface area contributed by atoms with Crippen molar-refractivity contribution in [2.75, 3.05) is 46.5 Å². The highest BCUT2D eigenvalue weighted by molar-refractivity contribution is 5.94. The lowest BCUT2D eigenvalue weighted by Crippen LogP contribution is -2.44. The number of rotatable bonds is 3. The first-order valence-corrected chi connectivity index (χ1v) is 8.47. The van der Waals surface area contributed by atoms with E-state index >= 15 is 0 Å². The molecule has 7 heteroatoms. The number of fused-ring (bicyclic) bond motifs is 3. The van der Waals surface area contributed by atoms with Gasteiger partial charge < -0.3 is 19.5 Å². The van der Waals surface area contributed by atoms with Crippen LogP contribution < -0.4 is 4.74 Å². The highest BCUT2D eigenvalue weighted by Gasteiger charge is 2.33. The first-order chi connectivity index (χ1) is 12.1. The van der Waals surface area contributed by atoms with Crippen LogP contribution in [0.1, 0.15) is 17.3 Å². The molecule has 1 N–H and O–H groups in total. The van der Waals surface area contributed by atoms with E-state index in [0.717, 1.165) is 37.6 Å². The Morgan fingerprint density at radius 2 is 1.96 bits per heavy atom. The Labute approximate surface area is 148 Å². The lowest BCUT2D eigenvalue weighted by Gasteiger charge is -2.29. The van der Waals surface area contributed by atoms with E-state index in [-0.39, 0.29) is 12.4 Å². The third-order valence-corrected chi connectivity index (χ3v) is 4.44. The third-order valence-electron chi connectivity index (χ3n) is 4.44. The van der Waals surface area contributed by atoms with Gasteiger partial charge in [0, 0.05) is 31.1 Å². The molecule has 0 aliphatic carbocycles. The largest absolute Gasteiger partial charge is 0.494 e. The summed E-state index contributed by atoms with van der Waals surface area (Å²) in [5, 5.41) is 6.89. The van der Waals surface area contributed by atoms with Crippen LogP contribution >= 0.6 is 0 Å². The van der Waals surface area contributed by atoms with Crippen LogP contribution in [0, 0.1) is 5.92 Å². The van der Waals surface area contributed by atoms with Gasteiger partial charge in [0.1, 0.15) is 5.75 Å². The second kappa shape index (κ2) is 9.39. The van der Waals surface area contributed by atoms with Crippen molar-refractivity contribution in [2.24, 2.45) is 5.92 Å². The van der Waals surface area contributed by atoms with Gasteiger partial charge in [-0.3, -0.25) is 14.5 Å². The molecule has 138 valence electrons. The van der Waals surface area contributed by atoms with Crippen molar-refractivity contribution in [3.63, 3.8) is 0 Å². The zero-order chi connectivity index (χ0) is 18.2. The summed E-state index contributed by atoms with van der Waals surface area (Å²) < 4.78 is 11.1. The van der Waals surface area contributed by atoms with Gasteiger partial charge in [-0.15, -0.1) is 0 Å². The Hall–Kier alpha value is -2.12. The van der Waals surface area contributed by atoms with Crippen LogP contribution in [-0.4, -0.2) is 79.8 Å². The van der Waals surface area contributed by atoms with Crippen LogP contribution in [0.15, 0.2) is 24.3 Å². The normalized spacial score (nSPS) is 23.0. The van der Waals surface area contributed by atoms with Crippen LogP contribution in [0.25, 0.3) is 0 Å². The van der Waals surface area contributed by atoms with Gasteiger partial charge in [-0.1, -0.05) is 0 Å². The highest BCUT2D eigenvalue weighted by atomic mass is 16.5. The number of benzene rings is 1. The molecule has 1 aromatic rings. The smallest absolute Gasteiger partial charge is 0.290 e. The van der Waals surface area contributed by atoms with Crippen LogP contribution in [-0.2, 0) is 9.53 Å². The van der Waals surface area contributed by atoms with Crippen molar-refractivity contribution in [2.45, 2.75) is 13.0 Å². The minimum atomic E-state index is -0.250. The van der Waals surface area contributed by atoms with Gasteiger partial charge in [-0.2, -0.15) is 0 Å². The summed E-state index contributed by atoms with van der Waals surface area (Å²) in [4.78, 5) is 25.5. The molecule has 2 bridgehead atoms. The van der Waals surface area contributed by atoms with Gasteiger partial charge >= 0.3 is 0 Å². The number of nitrogens with zero attached hydrogens (tertiary/aromatic N) is 2. The number of carboxylic acid groups (broad SMARTS) is 1. The second-order valence-electron chi connectivity index (χ2n) is 6.27. The van der Waals surface area contributed by atoms with Crippen LogP contribution in [0.4, 0.5) is 0 Å². The van der Waals surface area contributed by atoms with Gasteiger partial charge in [0.2, 0.25) is 0 Å². The molecule has 2 aliphatic rings. The number of hydrogen-bond donors (Lipinski definition) is 1. The maximum Gasteiger partial charge on any atom is 0.290 e. The predicted octanol–water partition coefficient (Wildman–Crippen LogP) is 1.19. The molecule has 0 aromatic heterocycles. The van der Waals surface area contributed by atoms with E-state index in [0.29, 0.717) is 25.2 Å². The minimum absolute atomic E-state index is 0.107. The molecule has 0 saturated carbocycles. The zero-order valence-electron chi connectivity index (χ0n) is 14.8. The Morgan fingerprint density at radius 3 is 2.60 bits per heavy atom. The Morgan fingerprint density at radius 1 is 1.28 bits per heavy atom. The molecule has 2 heterocycles. The molecule has 2 fully saturated rings. The Bertz CT molecular complexity index is 563.